The molecule has 0 spiro atoms. The Hall–Kier alpha value is -1.04. The molecule has 2 aromatic rings. The van der Waals surface area contributed by atoms with Crippen LogP contribution in [0.25, 0.3) is 11.2 Å². The summed E-state index contributed by atoms with van der Waals surface area (Å²) < 4.78 is 2.18. The quantitative estimate of drug-likeness (QED) is 0.393. The molecule has 0 radical (unpaired) electrons. The van der Waals surface area contributed by atoms with Crippen LogP contribution in [-0.2, 0) is 0 Å². The normalized spacial score (nSPS) is 30.2. The Morgan fingerprint density at radius 3 is 2.75 bits per heavy atom. The lowest BCUT2D eigenvalue weighted by atomic mass is 10.1. The highest BCUT2D eigenvalue weighted by Crippen LogP contribution is 2.36. The van der Waals surface area contributed by atoms with E-state index in [1.165, 1.54) is 6.33 Å². The number of aliphatic hydroxyl groups excluding tert-OH is 3. The smallest absolute Gasteiger partial charge is 0.194 e. The highest BCUT2D eigenvalue weighted by Gasteiger charge is 2.42. The highest BCUT2D eigenvalue weighted by atomic mass is 127. The van der Waals surface area contributed by atoms with Gasteiger partial charge in [0.2, 0.25) is 0 Å². The predicted molar refractivity (Wildman–Crippen MR) is 78.7 cm³/mol. The zero-order valence-electron chi connectivity index (χ0n) is 10.4. The van der Waals surface area contributed by atoms with E-state index in [0.717, 1.165) is 0 Å². The molecule has 4 atom stereocenters. The van der Waals surface area contributed by atoms with Crippen molar-refractivity contribution in [2.75, 3.05) is 12.3 Å². The molecule has 0 amide bonds. The summed E-state index contributed by atoms with van der Waals surface area (Å²) in [4.78, 5) is 12.5. The summed E-state index contributed by atoms with van der Waals surface area (Å²) >= 11 is 1.96. The number of rotatable bonds is 2. The van der Waals surface area contributed by atoms with Gasteiger partial charge >= 0.3 is 0 Å². The fraction of sp³-hybridized carbons (Fsp3) is 0.545. The largest absolute Gasteiger partial charge is 0.396 e. The summed E-state index contributed by atoms with van der Waals surface area (Å²) in [7, 11) is 0. The molecule has 9 heteroatoms. The zero-order chi connectivity index (χ0) is 14.4. The molecule has 2 aromatic heterocycles. The first-order valence-electron chi connectivity index (χ1n) is 6.15. The molecule has 5 N–H and O–H groups in total. The van der Waals surface area contributed by atoms with Gasteiger partial charge in [0, 0.05) is 35.1 Å². The third-order valence-electron chi connectivity index (χ3n) is 3.78. The number of aromatic nitrogens is 4. The van der Waals surface area contributed by atoms with E-state index in [0.29, 0.717) is 21.4 Å². The second-order valence-electron chi connectivity index (χ2n) is 4.93. The van der Waals surface area contributed by atoms with Crippen LogP contribution >= 0.6 is 22.6 Å². The number of halogens is 1. The third kappa shape index (κ3) is 2.05. The monoisotopic (exact) mass is 391 g/mol. The van der Waals surface area contributed by atoms with E-state index in [1.54, 1.807) is 4.57 Å². The van der Waals surface area contributed by atoms with Crippen molar-refractivity contribution >= 4 is 39.6 Å². The Morgan fingerprint density at radius 1 is 1.35 bits per heavy atom. The van der Waals surface area contributed by atoms with E-state index in [2.05, 4.69) is 15.0 Å². The number of imidazole rings is 1. The molecule has 3 rings (SSSR count). The Morgan fingerprint density at radius 2 is 2.10 bits per heavy atom. The maximum absolute atomic E-state index is 10.1. The molecule has 0 aromatic carbocycles. The second kappa shape index (κ2) is 5.06. The zero-order valence-corrected chi connectivity index (χ0v) is 12.5. The maximum atomic E-state index is 10.1. The molecule has 1 saturated carbocycles. The van der Waals surface area contributed by atoms with Crippen LogP contribution in [0.5, 0.6) is 0 Å². The van der Waals surface area contributed by atoms with E-state index in [1.807, 2.05) is 22.6 Å². The summed E-state index contributed by atoms with van der Waals surface area (Å²) in [5.41, 5.74) is 6.80. The molecular formula is C11H14IN5O3. The van der Waals surface area contributed by atoms with E-state index in [4.69, 9.17) is 5.73 Å². The number of hydrogen-bond acceptors (Lipinski definition) is 7. The highest BCUT2D eigenvalue weighted by molar-refractivity contribution is 14.1. The van der Waals surface area contributed by atoms with Crippen molar-refractivity contribution in [3.8, 4) is 0 Å². The summed E-state index contributed by atoms with van der Waals surface area (Å²) in [5, 5.41) is 29.3. The van der Waals surface area contributed by atoms with Crippen LogP contribution in [0.15, 0.2) is 6.33 Å². The third-order valence-corrected chi connectivity index (χ3v) is 4.27. The van der Waals surface area contributed by atoms with Crippen molar-refractivity contribution in [2.45, 2.75) is 24.7 Å². The summed E-state index contributed by atoms with van der Waals surface area (Å²) in [5.74, 6) is -0.0735. The summed E-state index contributed by atoms with van der Waals surface area (Å²) in [6, 6.07) is -0.391. The van der Waals surface area contributed by atoms with Crippen molar-refractivity contribution in [2.24, 2.45) is 5.92 Å². The van der Waals surface area contributed by atoms with E-state index < -0.39 is 18.2 Å². The minimum absolute atomic E-state index is 0.171. The SMILES string of the molecule is Nc1nc(I)nc2c1ncn2[C@@H]1C[C@H](CO)[C@@H](O)[C@H]1O. The Labute approximate surface area is 127 Å². The molecule has 0 saturated heterocycles. The Bertz CT molecular complexity index is 648. The molecule has 0 aliphatic heterocycles. The first-order valence-corrected chi connectivity index (χ1v) is 7.23. The molecule has 0 unspecified atom stereocenters. The number of nitrogens with two attached hydrogens (primary N) is 1. The topological polar surface area (TPSA) is 130 Å². The van der Waals surface area contributed by atoms with Crippen molar-refractivity contribution < 1.29 is 15.3 Å². The molecule has 1 fully saturated rings. The van der Waals surface area contributed by atoms with Gasteiger partial charge in [-0.05, 0) is 6.42 Å². The number of hydrogen-bond donors (Lipinski definition) is 4. The minimum Gasteiger partial charge on any atom is -0.396 e. The number of nitrogen functional groups attached to an aromatic ring is 1. The van der Waals surface area contributed by atoms with Crippen LogP contribution in [0, 0.1) is 9.75 Å². The van der Waals surface area contributed by atoms with Crippen LogP contribution in [-0.4, -0.2) is 53.7 Å². The minimum atomic E-state index is -0.974. The van der Waals surface area contributed by atoms with E-state index in [-0.39, 0.29) is 18.3 Å². The molecule has 1 aliphatic rings. The van der Waals surface area contributed by atoms with Gasteiger partial charge in [0.15, 0.2) is 15.3 Å². The van der Waals surface area contributed by atoms with Gasteiger partial charge in [-0.1, -0.05) is 0 Å². The van der Waals surface area contributed by atoms with E-state index >= 15 is 0 Å². The second-order valence-corrected chi connectivity index (χ2v) is 5.89. The molecule has 0 bridgehead atoms. The number of anilines is 1. The summed E-state index contributed by atoms with van der Waals surface area (Å²) in [6.07, 6.45) is 0.0517. The van der Waals surface area contributed by atoms with Crippen LogP contribution in [0.3, 0.4) is 0 Å². The van der Waals surface area contributed by atoms with Crippen LogP contribution in [0.4, 0.5) is 5.82 Å². The Balaban J connectivity index is 2.07. The molecule has 20 heavy (non-hydrogen) atoms. The van der Waals surface area contributed by atoms with Gasteiger partial charge in [-0.3, -0.25) is 0 Å². The van der Waals surface area contributed by atoms with Crippen LogP contribution in [0.1, 0.15) is 12.5 Å². The van der Waals surface area contributed by atoms with Crippen molar-refractivity contribution in [1.29, 1.82) is 0 Å². The van der Waals surface area contributed by atoms with Gasteiger partial charge in [-0.2, -0.15) is 0 Å². The average molecular weight is 391 g/mol. The van der Waals surface area contributed by atoms with Gasteiger partial charge in [-0.15, -0.1) is 0 Å². The number of nitrogens with zero attached hydrogens (tertiary/aromatic N) is 4. The molecule has 8 nitrogen and oxygen atoms in total. The lowest BCUT2D eigenvalue weighted by Gasteiger charge is -2.18. The first-order chi connectivity index (χ1) is 9.52. The average Bonchev–Trinajstić information content (AvgIpc) is 2.93. The van der Waals surface area contributed by atoms with Crippen LogP contribution < -0.4 is 5.73 Å². The van der Waals surface area contributed by atoms with Gasteiger partial charge < -0.3 is 25.6 Å². The lowest BCUT2D eigenvalue weighted by molar-refractivity contribution is -0.00370. The molecule has 2 heterocycles. The lowest BCUT2D eigenvalue weighted by Crippen LogP contribution is -2.30. The van der Waals surface area contributed by atoms with Gasteiger partial charge in [0.25, 0.3) is 0 Å². The molecule has 1 aliphatic carbocycles. The first kappa shape index (κ1) is 13.9. The molecule has 108 valence electrons. The van der Waals surface area contributed by atoms with Gasteiger partial charge in [0.1, 0.15) is 11.6 Å². The fourth-order valence-electron chi connectivity index (χ4n) is 2.71. The van der Waals surface area contributed by atoms with Gasteiger partial charge in [0.05, 0.1) is 18.5 Å². The summed E-state index contributed by atoms with van der Waals surface area (Å²) in [6.45, 7) is -0.171. The van der Waals surface area contributed by atoms with E-state index in [9.17, 15) is 15.3 Å². The maximum Gasteiger partial charge on any atom is 0.194 e. The van der Waals surface area contributed by atoms with Crippen molar-refractivity contribution in [3.05, 3.63) is 10.2 Å². The fourth-order valence-corrected chi connectivity index (χ4v) is 3.20. The van der Waals surface area contributed by atoms with Crippen LogP contribution in [0.2, 0.25) is 0 Å². The predicted octanol–water partition coefficient (Wildman–Crippen LogP) is -0.712. The van der Waals surface area contributed by atoms with Crippen molar-refractivity contribution in [1.82, 2.24) is 19.5 Å². The molecular weight excluding hydrogens is 377 g/mol. The van der Waals surface area contributed by atoms with Gasteiger partial charge in [-0.25, -0.2) is 15.0 Å². The Kier molecular flexibility index (Phi) is 3.52. The standard InChI is InChI=1S/C11H14IN5O3/c12-11-15-9(13)6-10(16-11)17(3-14-6)5-1-4(2-18)7(19)8(5)20/h3-5,7-8,18-20H,1-2H2,(H2,13,15,16)/t4-,5-,7-,8+/m1/s1. The van der Waals surface area contributed by atoms with Crippen molar-refractivity contribution in [3.63, 3.8) is 0 Å². The number of aliphatic hydroxyl groups is 3. The number of fused-ring (bicyclic) bond motifs is 1.